The Hall–Kier alpha value is -7.04. The Kier molecular flexibility index (Phi) is 7.35. The average Bonchev–Trinajstić information content (AvgIpc) is 3.97. The summed E-state index contributed by atoms with van der Waals surface area (Å²) in [5.74, 6) is 0. The Morgan fingerprint density at radius 3 is 1.39 bits per heavy atom. The summed E-state index contributed by atoms with van der Waals surface area (Å²) in [7, 11) is 0. The fourth-order valence-electron chi connectivity index (χ4n) is 10.7. The molecule has 0 radical (unpaired) electrons. The number of fused-ring (bicyclic) bond motifs is 10. The number of nitrogens with zero attached hydrogens (tertiary/aromatic N) is 2. The first-order chi connectivity index (χ1) is 29.5. The zero-order valence-electron chi connectivity index (χ0n) is 35.4. The number of rotatable bonds is 5. The predicted octanol–water partition coefficient (Wildman–Crippen LogP) is 16.3. The highest BCUT2D eigenvalue weighted by Crippen LogP contribution is 2.63. The van der Waals surface area contributed by atoms with Gasteiger partial charge in [0.15, 0.2) is 0 Å². The van der Waals surface area contributed by atoms with Crippen LogP contribution in [0.4, 0.5) is 17.1 Å². The molecule has 0 aliphatic heterocycles. The number of hydrogen-bond acceptors (Lipinski definition) is 3. The number of para-hydroxylation sites is 5. The number of anilines is 3. The molecule has 1 aliphatic carbocycles. The Labute approximate surface area is 355 Å². The maximum atomic E-state index is 6.60. The van der Waals surface area contributed by atoms with E-state index in [4.69, 9.17) is 8.83 Å². The van der Waals surface area contributed by atoms with E-state index in [2.05, 4.69) is 209 Å². The molecule has 3 aromatic heterocycles. The van der Waals surface area contributed by atoms with Crippen molar-refractivity contribution in [1.29, 1.82) is 0 Å². The van der Waals surface area contributed by atoms with Gasteiger partial charge < -0.3 is 18.3 Å². The van der Waals surface area contributed by atoms with Crippen molar-refractivity contribution >= 4 is 82.7 Å². The van der Waals surface area contributed by atoms with Gasteiger partial charge in [0.05, 0.1) is 22.4 Å². The highest BCUT2D eigenvalue weighted by molar-refractivity contribution is 6.11. The number of furan rings is 2. The molecule has 3 heterocycles. The molecule has 0 atom stereocenters. The molecule has 296 valence electrons. The fraction of sp³-hybridized carbons (Fsp3) is 0.158. The van der Waals surface area contributed by atoms with Gasteiger partial charge in [0.25, 0.3) is 0 Å². The zero-order valence-corrected chi connectivity index (χ0v) is 35.4. The monoisotopic (exact) mass is 790 g/mol. The van der Waals surface area contributed by atoms with Crippen LogP contribution >= 0.6 is 0 Å². The van der Waals surface area contributed by atoms with Crippen molar-refractivity contribution in [1.82, 2.24) is 4.57 Å². The lowest BCUT2D eigenvalue weighted by atomic mass is 9.59. The molecule has 11 aromatic rings. The molecule has 0 saturated heterocycles. The van der Waals surface area contributed by atoms with Gasteiger partial charge in [-0.15, -0.1) is 0 Å². The van der Waals surface area contributed by atoms with Gasteiger partial charge in [-0.05, 0) is 94.1 Å². The summed E-state index contributed by atoms with van der Waals surface area (Å²) in [5, 5.41) is 6.91. The summed E-state index contributed by atoms with van der Waals surface area (Å²) in [4.78, 5) is 2.44. The predicted molar refractivity (Wildman–Crippen MR) is 255 cm³/mol. The molecule has 0 fully saturated rings. The number of hydrogen-bond donors (Lipinski definition) is 0. The normalized spacial score (nSPS) is 15.4. The molecule has 1 aliphatic rings. The molecule has 12 rings (SSSR count). The topological polar surface area (TPSA) is 34.5 Å². The average molecular weight is 791 g/mol. The van der Waals surface area contributed by atoms with Crippen molar-refractivity contribution in [3.05, 3.63) is 181 Å². The molecule has 61 heavy (non-hydrogen) atoms. The van der Waals surface area contributed by atoms with E-state index in [1.54, 1.807) is 0 Å². The highest BCUT2D eigenvalue weighted by Gasteiger charge is 2.57. The molecule has 0 spiro atoms. The Balaban J connectivity index is 1.20. The van der Waals surface area contributed by atoms with Crippen molar-refractivity contribution < 1.29 is 8.83 Å². The zero-order chi connectivity index (χ0) is 41.4. The summed E-state index contributed by atoms with van der Waals surface area (Å²) in [6.07, 6.45) is 0. The van der Waals surface area contributed by atoms with Gasteiger partial charge in [-0.2, -0.15) is 0 Å². The third kappa shape index (κ3) is 4.88. The maximum Gasteiger partial charge on any atom is 0.137 e. The molecule has 0 unspecified atom stereocenters. The Morgan fingerprint density at radius 2 is 0.836 bits per heavy atom. The third-order valence-electron chi connectivity index (χ3n) is 15.1. The second kappa shape index (κ2) is 12.5. The minimum absolute atomic E-state index is 0.0459. The van der Waals surface area contributed by atoms with E-state index in [0.29, 0.717) is 0 Å². The standard InChI is InChI=1S/C57H46N2O2/c1-55(2)45-33-44(39-19-9-14-24-49(39)59-47-22-12-7-17-37(47)38-18-8-13-23-48(38)59)50(34-46(45)56(3,4)57(55,5)6)58(35-27-29-42-40-20-10-15-25-51(40)60-53(42)31-35)36-28-30-43-41-21-11-16-26-52(41)61-54(43)32-36/h7-34H,1-6H3. The van der Waals surface area contributed by atoms with Crippen molar-refractivity contribution in [2.75, 3.05) is 4.90 Å². The van der Waals surface area contributed by atoms with Crippen molar-refractivity contribution in [2.45, 2.75) is 52.4 Å². The van der Waals surface area contributed by atoms with Crippen LogP contribution in [0.3, 0.4) is 0 Å². The van der Waals surface area contributed by atoms with Crippen LogP contribution in [-0.4, -0.2) is 4.57 Å². The molecular weight excluding hydrogens is 745 g/mol. The smallest absolute Gasteiger partial charge is 0.137 e. The van der Waals surface area contributed by atoms with Gasteiger partial charge >= 0.3 is 0 Å². The maximum absolute atomic E-state index is 6.60. The molecule has 4 nitrogen and oxygen atoms in total. The van der Waals surface area contributed by atoms with Crippen molar-refractivity contribution in [2.24, 2.45) is 5.41 Å². The fourth-order valence-corrected chi connectivity index (χ4v) is 10.7. The first-order valence-electron chi connectivity index (χ1n) is 21.4. The van der Waals surface area contributed by atoms with Crippen LogP contribution in [-0.2, 0) is 10.8 Å². The Bertz CT molecular complexity index is 3420. The molecular formula is C57H46N2O2. The molecule has 8 aromatic carbocycles. The van der Waals surface area contributed by atoms with E-state index in [0.717, 1.165) is 77.8 Å². The van der Waals surface area contributed by atoms with Crippen LogP contribution in [0.5, 0.6) is 0 Å². The van der Waals surface area contributed by atoms with Crippen LogP contribution in [0, 0.1) is 5.41 Å². The minimum Gasteiger partial charge on any atom is -0.456 e. The highest BCUT2D eigenvalue weighted by atomic mass is 16.3. The van der Waals surface area contributed by atoms with E-state index < -0.39 is 0 Å². The summed E-state index contributed by atoms with van der Waals surface area (Å²) in [6.45, 7) is 14.6. The lowest BCUT2D eigenvalue weighted by molar-refractivity contribution is 0.125. The van der Waals surface area contributed by atoms with Gasteiger partial charge in [-0.3, -0.25) is 0 Å². The summed E-state index contributed by atoms with van der Waals surface area (Å²) >= 11 is 0. The minimum atomic E-state index is -0.136. The van der Waals surface area contributed by atoms with Crippen LogP contribution in [0.15, 0.2) is 179 Å². The molecule has 0 bridgehead atoms. The third-order valence-corrected chi connectivity index (χ3v) is 15.1. The van der Waals surface area contributed by atoms with E-state index >= 15 is 0 Å². The quantitative estimate of drug-likeness (QED) is 0.174. The molecule has 0 saturated carbocycles. The van der Waals surface area contributed by atoms with Gasteiger partial charge in [0, 0.05) is 67.0 Å². The summed E-state index contributed by atoms with van der Waals surface area (Å²) in [6, 6.07) is 61.6. The van der Waals surface area contributed by atoms with Crippen LogP contribution in [0.1, 0.15) is 52.7 Å². The first-order valence-corrected chi connectivity index (χ1v) is 21.4. The first kappa shape index (κ1) is 35.9. The lowest BCUT2D eigenvalue weighted by Crippen LogP contribution is -2.42. The van der Waals surface area contributed by atoms with Crippen LogP contribution in [0.25, 0.3) is 82.5 Å². The van der Waals surface area contributed by atoms with E-state index in [-0.39, 0.29) is 16.2 Å². The van der Waals surface area contributed by atoms with Gasteiger partial charge in [0.1, 0.15) is 22.3 Å². The van der Waals surface area contributed by atoms with Crippen LogP contribution < -0.4 is 4.90 Å². The van der Waals surface area contributed by atoms with Gasteiger partial charge in [-0.1, -0.05) is 133 Å². The summed E-state index contributed by atoms with van der Waals surface area (Å²) in [5.41, 5.74) is 14.9. The van der Waals surface area contributed by atoms with Crippen molar-refractivity contribution in [3.63, 3.8) is 0 Å². The largest absolute Gasteiger partial charge is 0.456 e. The Morgan fingerprint density at radius 1 is 0.393 bits per heavy atom. The van der Waals surface area contributed by atoms with Gasteiger partial charge in [0.2, 0.25) is 0 Å². The lowest BCUT2D eigenvalue weighted by Gasteiger charge is -2.44. The SMILES string of the molecule is CC1(C)c2cc(-c3ccccc3-n3c4ccccc4c4ccccc43)c(N(c3ccc4c(c3)oc3ccccc34)c3ccc4c(c3)oc3ccccc34)cc2C(C)(C)C1(C)C. The number of aromatic nitrogens is 1. The van der Waals surface area contributed by atoms with E-state index in [1.807, 2.05) is 12.1 Å². The van der Waals surface area contributed by atoms with E-state index in [1.165, 1.54) is 32.9 Å². The van der Waals surface area contributed by atoms with Crippen molar-refractivity contribution in [3.8, 4) is 16.8 Å². The molecule has 4 heteroatoms. The summed E-state index contributed by atoms with van der Waals surface area (Å²) < 4.78 is 15.7. The van der Waals surface area contributed by atoms with E-state index in [9.17, 15) is 0 Å². The molecule has 0 N–H and O–H groups in total. The van der Waals surface area contributed by atoms with Crippen LogP contribution in [0.2, 0.25) is 0 Å². The second-order valence-electron chi connectivity index (χ2n) is 18.6. The molecule has 0 amide bonds. The second-order valence-corrected chi connectivity index (χ2v) is 18.6. The number of benzene rings is 8. The van der Waals surface area contributed by atoms with Gasteiger partial charge in [-0.25, -0.2) is 0 Å².